The van der Waals surface area contributed by atoms with E-state index in [9.17, 15) is 4.79 Å². The minimum Gasteiger partial charge on any atom is -0.481 e. The van der Waals surface area contributed by atoms with Crippen LogP contribution in [0.15, 0.2) is 18.2 Å². The maximum Gasteiger partial charge on any atom is 0.303 e. The summed E-state index contributed by atoms with van der Waals surface area (Å²) in [5, 5.41) is 8.89. The van der Waals surface area contributed by atoms with Gasteiger partial charge in [-0.05, 0) is 56.3 Å². The number of benzene rings is 1. The number of carbonyl (C=O) groups is 1. The molecule has 0 saturated carbocycles. The molecule has 0 bridgehead atoms. The van der Waals surface area contributed by atoms with E-state index in [1.165, 1.54) is 29.5 Å². The fourth-order valence-electron chi connectivity index (χ4n) is 3.19. The first-order valence-electron chi connectivity index (χ1n) is 7.59. The van der Waals surface area contributed by atoms with Gasteiger partial charge in [0.05, 0.1) is 0 Å². The zero-order valence-corrected chi connectivity index (χ0v) is 12.6. The van der Waals surface area contributed by atoms with Gasteiger partial charge in [0.2, 0.25) is 0 Å². The lowest BCUT2D eigenvalue weighted by Crippen LogP contribution is -2.39. The van der Waals surface area contributed by atoms with Crippen LogP contribution in [0, 0.1) is 13.8 Å². The number of piperidine rings is 1. The summed E-state index contributed by atoms with van der Waals surface area (Å²) < 4.78 is 0. The van der Waals surface area contributed by atoms with Gasteiger partial charge in [0, 0.05) is 19.0 Å². The van der Waals surface area contributed by atoms with E-state index in [0.717, 1.165) is 25.9 Å². The van der Waals surface area contributed by atoms with Crippen molar-refractivity contribution >= 4 is 5.97 Å². The Kier molecular flexibility index (Phi) is 5.18. The molecule has 110 valence electrons. The molecule has 0 spiro atoms. The van der Waals surface area contributed by atoms with Gasteiger partial charge in [0.25, 0.3) is 0 Å². The van der Waals surface area contributed by atoms with Gasteiger partial charge in [-0.25, -0.2) is 0 Å². The third-order valence-corrected chi connectivity index (χ3v) is 4.45. The predicted octanol–water partition coefficient (Wildman–Crippen LogP) is 3.52. The van der Waals surface area contributed by atoms with Gasteiger partial charge in [0.1, 0.15) is 0 Å². The van der Waals surface area contributed by atoms with Crippen molar-refractivity contribution in [3.8, 4) is 0 Å². The fourth-order valence-corrected chi connectivity index (χ4v) is 3.19. The number of likely N-dealkylation sites (tertiary alicyclic amines) is 1. The molecule has 1 saturated heterocycles. The molecule has 1 aliphatic rings. The van der Waals surface area contributed by atoms with Crippen LogP contribution in [0.5, 0.6) is 0 Å². The summed E-state index contributed by atoms with van der Waals surface area (Å²) in [6.45, 7) is 6.39. The van der Waals surface area contributed by atoms with Gasteiger partial charge >= 0.3 is 5.97 Å². The highest BCUT2D eigenvalue weighted by Crippen LogP contribution is 2.25. The van der Waals surface area contributed by atoms with Crippen LogP contribution >= 0.6 is 0 Å². The molecule has 1 aliphatic heterocycles. The molecule has 1 aromatic carbocycles. The van der Waals surface area contributed by atoms with E-state index in [-0.39, 0.29) is 6.42 Å². The zero-order valence-electron chi connectivity index (χ0n) is 12.6. The van der Waals surface area contributed by atoms with E-state index in [4.69, 9.17) is 5.11 Å². The van der Waals surface area contributed by atoms with Gasteiger partial charge in [-0.3, -0.25) is 9.69 Å². The Balaban J connectivity index is 2.06. The lowest BCUT2D eigenvalue weighted by atomic mass is 9.95. The second-order valence-electron chi connectivity index (χ2n) is 5.92. The van der Waals surface area contributed by atoms with Crippen LogP contribution < -0.4 is 0 Å². The SMILES string of the molecule is Cc1cccc(C)c1CN1CCCCC1CCC(=O)O. The monoisotopic (exact) mass is 275 g/mol. The van der Waals surface area contributed by atoms with E-state index in [0.29, 0.717) is 6.04 Å². The number of hydrogen-bond acceptors (Lipinski definition) is 2. The Labute approximate surface area is 121 Å². The molecule has 1 heterocycles. The molecular weight excluding hydrogens is 250 g/mol. The first-order chi connectivity index (χ1) is 9.58. The van der Waals surface area contributed by atoms with Crippen LogP contribution in [0.1, 0.15) is 48.8 Å². The van der Waals surface area contributed by atoms with E-state index >= 15 is 0 Å². The van der Waals surface area contributed by atoms with Crippen LogP contribution in [0.2, 0.25) is 0 Å². The highest BCUT2D eigenvalue weighted by molar-refractivity contribution is 5.66. The van der Waals surface area contributed by atoms with E-state index in [1.807, 2.05) is 0 Å². The number of aliphatic carboxylic acids is 1. The lowest BCUT2D eigenvalue weighted by molar-refractivity contribution is -0.137. The van der Waals surface area contributed by atoms with Crippen LogP contribution in [-0.2, 0) is 11.3 Å². The number of aryl methyl sites for hydroxylation is 2. The average molecular weight is 275 g/mol. The smallest absolute Gasteiger partial charge is 0.303 e. The molecular formula is C17H25NO2. The Morgan fingerprint density at radius 3 is 2.65 bits per heavy atom. The molecule has 0 amide bonds. The standard InChI is InChI=1S/C17H25NO2/c1-13-6-5-7-14(2)16(13)12-18-11-4-3-8-15(18)9-10-17(19)20/h5-7,15H,3-4,8-12H2,1-2H3,(H,19,20). The zero-order chi connectivity index (χ0) is 14.5. The molecule has 1 unspecified atom stereocenters. The third-order valence-electron chi connectivity index (χ3n) is 4.45. The molecule has 3 nitrogen and oxygen atoms in total. The van der Waals surface area contributed by atoms with Crippen molar-refractivity contribution in [2.75, 3.05) is 6.54 Å². The van der Waals surface area contributed by atoms with Crippen molar-refractivity contribution in [3.63, 3.8) is 0 Å². The Bertz CT molecular complexity index is 450. The van der Waals surface area contributed by atoms with Gasteiger partial charge in [0.15, 0.2) is 0 Å². The molecule has 0 aliphatic carbocycles. The maximum absolute atomic E-state index is 10.8. The summed E-state index contributed by atoms with van der Waals surface area (Å²) >= 11 is 0. The minimum atomic E-state index is -0.678. The number of carboxylic acids is 1. The van der Waals surface area contributed by atoms with Crippen molar-refractivity contribution in [2.45, 2.75) is 58.5 Å². The van der Waals surface area contributed by atoms with Crippen molar-refractivity contribution < 1.29 is 9.90 Å². The summed E-state index contributed by atoms with van der Waals surface area (Å²) in [5.74, 6) is -0.678. The molecule has 1 atom stereocenters. The Morgan fingerprint density at radius 2 is 2.00 bits per heavy atom. The summed E-state index contributed by atoms with van der Waals surface area (Å²) in [7, 11) is 0. The molecule has 0 radical (unpaired) electrons. The van der Waals surface area contributed by atoms with Gasteiger partial charge in [-0.15, -0.1) is 0 Å². The van der Waals surface area contributed by atoms with Crippen LogP contribution in [-0.4, -0.2) is 28.6 Å². The molecule has 2 rings (SSSR count). The minimum absolute atomic E-state index is 0.286. The van der Waals surface area contributed by atoms with Gasteiger partial charge < -0.3 is 5.11 Å². The Hall–Kier alpha value is -1.35. The summed E-state index contributed by atoms with van der Waals surface area (Å²) in [6, 6.07) is 6.86. The van der Waals surface area contributed by atoms with Gasteiger partial charge in [-0.1, -0.05) is 24.6 Å². The second-order valence-corrected chi connectivity index (χ2v) is 5.92. The number of rotatable bonds is 5. The summed E-state index contributed by atoms with van der Waals surface area (Å²) in [4.78, 5) is 13.3. The predicted molar refractivity (Wildman–Crippen MR) is 80.8 cm³/mol. The number of hydrogen-bond donors (Lipinski definition) is 1. The lowest BCUT2D eigenvalue weighted by Gasteiger charge is -2.36. The Morgan fingerprint density at radius 1 is 1.30 bits per heavy atom. The average Bonchev–Trinajstić information content (AvgIpc) is 2.42. The van der Waals surface area contributed by atoms with Gasteiger partial charge in [-0.2, -0.15) is 0 Å². The highest BCUT2D eigenvalue weighted by Gasteiger charge is 2.23. The fraction of sp³-hybridized carbons (Fsp3) is 0.588. The summed E-state index contributed by atoms with van der Waals surface area (Å²) in [6.07, 6.45) is 4.66. The van der Waals surface area contributed by atoms with Crippen molar-refractivity contribution in [1.29, 1.82) is 0 Å². The number of carboxylic acid groups (broad SMARTS) is 1. The van der Waals surface area contributed by atoms with Crippen molar-refractivity contribution in [1.82, 2.24) is 4.90 Å². The van der Waals surface area contributed by atoms with Crippen molar-refractivity contribution in [2.24, 2.45) is 0 Å². The normalized spacial score (nSPS) is 20.0. The first kappa shape index (κ1) is 15.0. The van der Waals surface area contributed by atoms with E-state index in [2.05, 4.69) is 36.9 Å². The molecule has 1 aromatic rings. The topological polar surface area (TPSA) is 40.5 Å². The van der Waals surface area contributed by atoms with Crippen molar-refractivity contribution in [3.05, 3.63) is 34.9 Å². The van der Waals surface area contributed by atoms with E-state index < -0.39 is 5.97 Å². The molecule has 1 N–H and O–H groups in total. The highest BCUT2D eigenvalue weighted by atomic mass is 16.4. The molecule has 20 heavy (non-hydrogen) atoms. The number of nitrogens with zero attached hydrogens (tertiary/aromatic N) is 1. The first-order valence-corrected chi connectivity index (χ1v) is 7.59. The van der Waals surface area contributed by atoms with Crippen LogP contribution in [0.25, 0.3) is 0 Å². The molecule has 0 aromatic heterocycles. The van der Waals surface area contributed by atoms with E-state index in [1.54, 1.807) is 0 Å². The second kappa shape index (κ2) is 6.89. The quantitative estimate of drug-likeness (QED) is 0.893. The van der Waals surface area contributed by atoms with Crippen LogP contribution in [0.3, 0.4) is 0 Å². The largest absolute Gasteiger partial charge is 0.481 e. The molecule has 3 heteroatoms. The third kappa shape index (κ3) is 3.83. The van der Waals surface area contributed by atoms with Crippen LogP contribution in [0.4, 0.5) is 0 Å². The maximum atomic E-state index is 10.8. The summed E-state index contributed by atoms with van der Waals surface area (Å²) in [5.41, 5.74) is 4.09. The molecule has 1 fully saturated rings.